The fourth-order valence-corrected chi connectivity index (χ4v) is 2.64. The van der Waals surface area contributed by atoms with Crippen molar-refractivity contribution in [2.75, 3.05) is 0 Å². The molecule has 2 atom stereocenters. The lowest BCUT2D eigenvalue weighted by Crippen LogP contribution is -2.08. The van der Waals surface area contributed by atoms with Crippen LogP contribution in [0.4, 0.5) is 4.39 Å². The molecule has 0 aromatic heterocycles. The van der Waals surface area contributed by atoms with Crippen molar-refractivity contribution in [3.63, 3.8) is 0 Å². The fourth-order valence-electron chi connectivity index (χ4n) is 2.64. The van der Waals surface area contributed by atoms with E-state index in [9.17, 15) is 9.50 Å². The smallest absolute Gasteiger partial charge is 0.115 e. The summed E-state index contributed by atoms with van der Waals surface area (Å²) in [6.07, 6.45) is 7.77. The molecule has 1 N–H and O–H groups in total. The zero-order valence-electron chi connectivity index (χ0n) is 12.9. The number of hydrogen-bond donors (Lipinski definition) is 1. The number of alkyl halides is 1. The van der Waals surface area contributed by atoms with Crippen LogP contribution in [0.3, 0.4) is 0 Å². The Labute approximate surface area is 123 Å². The lowest BCUT2D eigenvalue weighted by molar-refractivity contribution is 0.280. The second-order valence-corrected chi connectivity index (χ2v) is 5.73. The first kappa shape index (κ1) is 17.0. The SMILES string of the molecule is CCCCCCCC(CC(F)CC)c1ccc(O)cc1. The van der Waals surface area contributed by atoms with Gasteiger partial charge in [-0.3, -0.25) is 0 Å². The molecule has 1 rings (SSSR count). The van der Waals surface area contributed by atoms with Crippen molar-refractivity contribution in [1.82, 2.24) is 0 Å². The number of aromatic hydroxyl groups is 1. The van der Waals surface area contributed by atoms with Crippen molar-refractivity contribution in [3.8, 4) is 5.75 Å². The molecule has 0 saturated carbocycles. The molecule has 2 heteroatoms. The van der Waals surface area contributed by atoms with Gasteiger partial charge in [0.1, 0.15) is 11.9 Å². The van der Waals surface area contributed by atoms with Gasteiger partial charge < -0.3 is 5.11 Å². The van der Waals surface area contributed by atoms with Crippen LogP contribution in [0.25, 0.3) is 0 Å². The summed E-state index contributed by atoms with van der Waals surface area (Å²) in [6, 6.07) is 7.29. The molecule has 0 saturated heterocycles. The van der Waals surface area contributed by atoms with Crippen LogP contribution in [0.1, 0.15) is 76.7 Å². The first-order chi connectivity index (χ1) is 9.67. The lowest BCUT2D eigenvalue weighted by Gasteiger charge is -2.19. The largest absolute Gasteiger partial charge is 0.508 e. The van der Waals surface area contributed by atoms with Gasteiger partial charge >= 0.3 is 0 Å². The maximum absolute atomic E-state index is 13.7. The first-order valence-corrected chi connectivity index (χ1v) is 8.10. The van der Waals surface area contributed by atoms with Gasteiger partial charge in [0.2, 0.25) is 0 Å². The van der Waals surface area contributed by atoms with E-state index in [1.54, 1.807) is 12.1 Å². The van der Waals surface area contributed by atoms with E-state index >= 15 is 0 Å². The molecule has 0 radical (unpaired) electrons. The average molecular weight is 280 g/mol. The van der Waals surface area contributed by atoms with E-state index in [0.717, 1.165) is 12.0 Å². The molecule has 20 heavy (non-hydrogen) atoms. The first-order valence-electron chi connectivity index (χ1n) is 8.10. The number of rotatable bonds is 10. The number of unbranched alkanes of at least 4 members (excludes halogenated alkanes) is 4. The third kappa shape index (κ3) is 6.40. The highest BCUT2D eigenvalue weighted by molar-refractivity contribution is 5.28. The Balaban J connectivity index is 2.53. The summed E-state index contributed by atoms with van der Waals surface area (Å²) in [4.78, 5) is 0. The Kier molecular flexibility index (Phi) is 8.32. The maximum Gasteiger partial charge on any atom is 0.115 e. The Hall–Kier alpha value is -1.05. The van der Waals surface area contributed by atoms with Crippen molar-refractivity contribution < 1.29 is 9.50 Å². The van der Waals surface area contributed by atoms with Crippen LogP contribution in [0, 0.1) is 0 Å². The molecule has 2 unspecified atom stereocenters. The minimum absolute atomic E-state index is 0.280. The molecule has 0 bridgehead atoms. The van der Waals surface area contributed by atoms with Crippen molar-refractivity contribution in [1.29, 1.82) is 0 Å². The number of hydrogen-bond acceptors (Lipinski definition) is 1. The molecule has 0 fully saturated rings. The van der Waals surface area contributed by atoms with Gasteiger partial charge in [-0.25, -0.2) is 4.39 Å². The molecule has 0 aliphatic heterocycles. The zero-order chi connectivity index (χ0) is 14.8. The molecular weight excluding hydrogens is 251 g/mol. The third-order valence-electron chi connectivity index (χ3n) is 4.00. The van der Waals surface area contributed by atoms with E-state index in [-0.39, 0.29) is 11.7 Å². The average Bonchev–Trinajstić information content (AvgIpc) is 2.46. The standard InChI is InChI=1S/C18H29FO/c1-3-5-6-7-8-9-16(14-17(19)4-2)15-10-12-18(20)13-11-15/h10-13,16-17,20H,3-9,14H2,1-2H3. The van der Waals surface area contributed by atoms with E-state index in [1.807, 2.05) is 19.1 Å². The van der Waals surface area contributed by atoms with E-state index in [4.69, 9.17) is 0 Å². The van der Waals surface area contributed by atoms with Crippen LogP contribution < -0.4 is 0 Å². The quantitative estimate of drug-likeness (QED) is 0.523. The van der Waals surface area contributed by atoms with Gasteiger partial charge in [0.15, 0.2) is 0 Å². The van der Waals surface area contributed by atoms with E-state index < -0.39 is 6.17 Å². The van der Waals surface area contributed by atoms with Crippen LogP contribution in [0.5, 0.6) is 5.75 Å². The summed E-state index contributed by atoms with van der Waals surface area (Å²) in [6.45, 7) is 4.12. The summed E-state index contributed by atoms with van der Waals surface area (Å²) in [7, 11) is 0. The van der Waals surface area contributed by atoms with Crippen molar-refractivity contribution in [2.24, 2.45) is 0 Å². The molecule has 0 spiro atoms. The van der Waals surface area contributed by atoms with E-state index in [1.165, 1.54) is 32.1 Å². The second-order valence-electron chi connectivity index (χ2n) is 5.73. The number of benzene rings is 1. The van der Waals surface area contributed by atoms with E-state index in [0.29, 0.717) is 12.8 Å². The van der Waals surface area contributed by atoms with Gasteiger partial charge in [0.25, 0.3) is 0 Å². The van der Waals surface area contributed by atoms with Crippen LogP contribution in [0.15, 0.2) is 24.3 Å². The predicted molar refractivity (Wildman–Crippen MR) is 84.0 cm³/mol. The van der Waals surface area contributed by atoms with Crippen LogP contribution in [-0.4, -0.2) is 11.3 Å². The topological polar surface area (TPSA) is 20.2 Å². The highest BCUT2D eigenvalue weighted by atomic mass is 19.1. The minimum atomic E-state index is -0.718. The molecule has 1 aromatic carbocycles. The molecule has 0 aliphatic carbocycles. The van der Waals surface area contributed by atoms with Crippen LogP contribution in [0.2, 0.25) is 0 Å². The summed E-state index contributed by atoms with van der Waals surface area (Å²) >= 11 is 0. The Morgan fingerprint density at radius 3 is 2.25 bits per heavy atom. The summed E-state index contributed by atoms with van der Waals surface area (Å²) in [5.41, 5.74) is 1.16. The molecule has 0 aliphatic rings. The predicted octanol–water partition coefficient (Wildman–Crippen LogP) is 5.97. The molecule has 1 aromatic rings. The highest BCUT2D eigenvalue weighted by Crippen LogP contribution is 2.30. The molecule has 1 nitrogen and oxygen atoms in total. The lowest BCUT2D eigenvalue weighted by atomic mass is 9.88. The molecule has 0 amide bonds. The van der Waals surface area contributed by atoms with Crippen LogP contribution >= 0.6 is 0 Å². The summed E-state index contributed by atoms with van der Waals surface area (Å²) < 4.78 is 13.7. The fraction of sp³-hybridized carbons (Fsp3) is 0.667. The van der Waals surface area contributed by atoms with Gasteiger partial charge in [-0.15, -0.1) is 0 Å². The number of halogens is 1. The van der Waals surface area contributed by atoms with Crippen molar-refractivity contribution in [3.05, 3.63) is 29.8 Å². The summed E-state index contributed by atoms with van der Waals surface area (Å²) in [5.74, 6) is 0.565. The van der Waals surface area contributed by atoms with Gasteiger partial charge in [-0.1, -0.05) is 58.1 Å². The highest BCUT2D eigenvalue weighted by Gasteiger charge is 2.16. The Morgan fingerprint density at radius 2 is 1.65 bits per heavy atom. The molecule has 114 valence electrons. The zero-order valence-corrected chi connectivity index (χ0v) is 12.9. The summed E-state index contributed by atoms with van der Waals surface area (Å²) in [5, 5.41) is 9.37. The normalized spacial score (nSPS) is 14.2. The Morgan fingerprint density at radius 1 is 1.00 bits per heavy atom. The van der Waals surface area contributed by atoms with Gasteiger partial charge in [0.05, 0.1) is 0 Å². The number of phenolic OH excluding ortho intramolecular Hbond substituents is 1. The maximum atomic E-state index is 13.7. The Bertz CT molecular complexity index is 347. The van der Waals surface area contributed by atoms with Crippen LogP contribution in [-0.2, 0) is 0 Å². The number of phenols is 1. The minimum Gasteiger partial charge on any atom is -0.508 e. The van der Waals surface area contributed by atoms with Gasteiger partial charge in [-0.05, 0) is 42.9 Å². The van der Waals surface area contributed by atoms with Crippen molar-refractivity contribution in [2.45, 2.75) is 77.3 Å². The van der Waals surface area contributed by atoms with Crippen molar-refractivity contribution >= 4 is 0 Å². The third-order valence-corrected chi connectivity index (χ3v) is 4.00. The molecule has 0 heterocycles. The monoisotopic (exact) mass is 280 g/mol. The van der Waals surface area contributed by atoms with Gasteiger partial charge in [0, 0.05) is 0 Å². The second kappa shape index (κ2) is 9.79. The molecular formula is C18H29FO. The van der Waals surface area contributed by atoms with Gasteiger partial charge in [-0.2, -0.15) is 0 Å². The van der Waals surface area contributed by atoms with E-state index in [2.05, 4.69) is 6.92 Å².